The molecule has 0 aliphatic rings. The van der Waals surface area contributed by atoms with Gasteiger partial charge in [-0.1, -0.05) is 6.07 Å². The van der Waals surface area contributed by atoms with Crippen molar-refractivity contribution in [2.75, 3.05) is 7.05 Å². The fourth-order valence-electron chi connectivity index (χ4n) is 1.58. The Kier molecular flexibility index (Phi) is 4.01. The average Bonchev–Trinajstić information content (AvgIpc) is 2.78. The second kappa shape index (κ2) is 5.70. The maximum atomic E-state index is 10.7. The predicted molar refractivity (Wildman–Crippen MR) is 68.5 cm³/mol. The number of pyridine rings is 1. The average molecular weight is 263 g/mol. The number of hydrogen-bond acceptors (Lipinski definition) is 5. The standard InChI is InChI=1S/C12H13N3O2S/c1-15(6-9-4-2-3-5-13-9)7-10-8-18-11(14-10)12(16)17/h2-5,8H,6-7H2,1H3,(H,16,17). The van der Waals surface area contributed by atoms with Crippen molar-refractivity contribution in [2.45, 2.75) is 13.1 Å². The van der Waals surface area contributed by atoms with Crippen LogP contribution in [0.4, 0.5) is 0 Å². The van der Waals surface area contributed by atoms with Gasteiger partial charge in [0.2, 0.25) is 5.01 Å². The number of aromatic nitrogens is 2. The number of carboxylic acids is 1. The second-order valence-electron chi connectivity index (χ2n) is 3.94. The van der Waals surface area contributed by atoms with Crippen molar-refractivity contribution >= 4 is 17.3 Å². The van der Waals surface area contributed by atoms with Crippen LogP contribution in [-0.2, 0) is 13.1 Å². The SMILES string of the molecule is CN(Cc1ccccn1)Cc1csc(C(=O)O)n1. The van der Waals surface area contributed by atoms with E-state index < -0.39 is 5.97 Å². The predicted octanol–water partition coefficient (Wildman–Crippen LogP) is 1.87. The summed E-state index contributed by atoms with van der Waals surface area (Å²) in [6, 6.07) is 5.78. The summed E-state index contributed by atoms with van der Waals surface area (Å²) >= 11 is 1.15. The third-order valence-electron chi connectivity index (χ3n) is 2.32. The van der Waals surface area contributed by atoms with Gasteiger partial charge >= 0.3 is 5.97 Å². The molecule has 2 rings (SSSR count). The van der Waals surface area contributed by atoms with Crippen LogP contribution < -0.4 is 0 Å². The fraction of sp³-hybridized carbons (Fsp3) is 0.250. The highest BCUT2D eigenvalue weighted by Crippen LogP contribution is 2.12. The number of nitrogens with zero attached hydrogens (tertiary/aromatic N) is 3. The first-order valence-electron chi connectivity index (χ1n) is 5.41. The summed E-state index contributed by atoms with van der Waals surface area (Å²) in [4.78, 5) is 21.0. The minimum atomic E-state index is -0.973. The Balaban J connectivity index is 1.94. The van der Waals surface area contributed by atoms with E-state index in [1.54, 1.807) is 11.6 Å². The van der Waals surface area contributed by atoms with Crippen molar-refractivity contribution in [3.63, 3.8) is 0 Å². The molecule has 0 amide bonds. The van der Waals surface area contributed by atoms with E-state index in [2.05, 4.69) is 9.97 Å². The van der Waals surface area contributed by atoms with Gasteiger partial charge < -0.3 is 5.11 Å². The van der Waals surface area contributed by atoms with Crippen molar-refractivity contribution in [2.24, 2.45) is 0 Å². The lowest BCUT2D eigenvalue weighted by molar-refractivity contribution is 0.0696. The van der Waals surface area contributed by atoms with Gasteiger partial charge in [0.1, 0.15) is 0 Å². The molecule has 0 saturated heterocycles. The number of thiazole rings is 1. The van der Waals surface area contributed by atoms with E-state index in [1.165, 1.54) is 0 Å². The minimum absolute atomic E-state index is 0.135. The molecule has 0 atom stereocenters. The summed E-state index contributed by atoms with van der Waals surface area (Å²) in [5, 5.41) is 10.7. The summed E-state index contributed by atoms with van der Waals surface area (Å²) in [6.07, 6.45) is 1.76. The number of carbonyl (C=O) groups is 1. The number of hydrogen-bond donors (Lipinski definition) is 1. The van der Waals surface area contributed by atoms with E-state index in [9.17, 15) is 4.79 Å². The molecule has 2 heterocycles. The first-order valence-corrected chi connectivity index (χ1v) is 6.29. The number of aromatic carboxylic acids is 1. The highest BCUT2D eigenvalue weighted by atomic mass is 32.1. The Bertz CT molecular complexity index is 527. The van der Waals surface area contributed by atoms with Crippen LogP contribution in [0.2, 0.25) is 0 Å². The summed E-state index contributed by atoms with van der Waals surface area (Å²) < 4.78 is 0. The maximum Gasteiger partial charge on any atom is 0.365 e. The van der Waals surface area contributed by atoms with Crippen molar-refractivity contribution in [3.05, 3.63) is 46.2 Å². The Morgan fingerprint density at radius 3 is 2.78 bits per heavy atom. The summed E-state index contributed by atoms with van der Waals surface area (Å²) in [5.74, 6) is -0.973. The molecule has 6 heteroatoms. The first-order chi connectivity index (χ1) is 8.65. The zero-order valence-electron chi connectivity index (χ0n) is 9.91. The van der Waals surface area contributed by atoms with E-state index in [1.807, 2.05) is 30.1 Å². The Morgan fingerprint density at radius 1 is 1.39 bits per heavy atom. The lowest BCUT2D eigenvalue weighted by atomic mass is 10.3. The lowest BCUT2D eigenvalue weighted by Crippen LogP contribution is -2.18. The second-order valence-corrected chi connectivity index (χ2v) is 4.80. The van der Waals surface area contributed by atoms with Crippen molar-refractivity contribution in [1.82, 2.24) is 14.9 Å². The molecule has 5 nitrogen and oxygen atoms in total. The largest absolute Gasteiger partial charge is 0.476 e. The molecule has 0 bridgehead atoms. The molecular weight excluding hydrogens is 250 g/mol. The fourth-order valence-corrected chi connectivity index (χ4v) is 2.22. The van der Waals surface area contributed by atoms with Crippen LogP contribution in [0.1, 0.15) is 21.2 Å². The Morgan fingerprint density at radius 2 is 2.17 bits per heavy atom. The van der Waals surface area contributed by atoms with Gasteiger partial charge in [0, 0.05) is 24.7 Å². The third kappa shape index (κ3) is 3.35. The molecule has 0 radical (unpaired) electrons. The van der Waals surface area contributed by atoms with E-state index in [0.717, 1.165) is 22.7 Å². The van der Waals surface area contributed by atoms with Gasteiger partial charge in [0.25, 0.3) is 0 Å². The molecule has 0 unspecified atom stereocenters. The molecule has 2 aromatic heterocycles. The Hall–Kier alpha value is -1.79. The zero-order chi connectivity index (χ0) is 13.0. The van der Waals surface area contributed by atoms with Crippen LogP contribution >= 0.6 is 11.3 Å². The van der Waals surface area contributed by atoms with Crippen LogP contribution in [0.15, 0.2) is 29.8 Å². The van der Waals surface area contributed by atoms with Crippen molar-refractivity contribution in [1.29, 1.82) is 0 Å². The van der Waals surface area contributed by atoms with E-state index >= 15 is 0 Å². The first kappa shape index (κ1) is 12.7. The summed E-state index contributed by atoms with van der Waals surface area (Å²) in [6.45, 7) is 1.32. The van der Waals surface area contributed by atoms with E-state index in [4.69, 9.17) is 5.11 Å². The van der Waals surface area contributed by atoms with Crippen molar-refractivity contribution < 1.29 is 9.90 Å². The smallest absolute Gasteiger partial charge is 0.365 e. The highest BCUT2D eigenvalue weighted by molar-refractivity contribution is 7.11. The molecular formula is C12H13N3O2S. The number of rotatable bonds is 5. The van der Waals surface area contributed by atoms with E-state index in [-0.39, 0.29) is 5.01 Å². The van der Waals surface area contributed by atoms with Gasteiger partial charge in [-0.2, -0.15) is 0 Å². The van der Waals surface area contributed by atoms with Gasteiger partial charge in [0.05, 0.1) is 11.4 Å². The highest BCUT2D eigenvalue weighted by Gasteiger charge is 2.10. The van der Waals surface area contributed by atoms with Crippen LogP contribution in [-0.4, -0.2) is 33.0 Å². The van der Waals surface area contributed by atoms with Crippen LogP contribution in [0.3, 0.4) is 0 Å². The minimum Gasteiger partial charge on any atom is -0.476 e. The van der Waals surface area contributed by atoms with Gasteiger partial charge in [-0.15, -0.1) is 11.3 Å². The Labute approximate surface area is 109 Å². The molecule has 0 aliphatic heterocycles. The maximum absolute atomic E-state index is 10.7. The molecule has 0 saturated carbocycles. The summed E-state index contributed by atoms with van der Waals surface area (Å²) in [5.41, 5.74) is 1.75. The third-order valence-corrected chi connectivity index (χ3v) is 3.20. The molecule has 0 spiro atoms. The quantitative estimate of drug-likeness (QED) is 0.892. The monoisotopic (exact) mass is 263 g/mol. The topological polar surface area (TPSA) is 66.3 Å². The molecule has 1 N–H and O–H groups in total. The molecule has 0 fully saturated rings. The van der Waals surface area contributed by atoms with Crippen molar-refractivity contribution in [3.8, 4) is 0 Å². The molecule has 18 heavy (non-hydrogen) atoms. The normalized spacial score (nSPS) is 10.8. The number of carboxylic acid groups (broad SMARTS) is 1. The van der Waals surface area contributed by atoms with Gasteiger partial charge in [-0.3, -0.25) is 9.88 Å². The van der Waals surface area contributed by atoms with Crippen LogP contribution in [0, 0.1) is 0 Å². The van der Waals surface area contributed by atoms with Crippen LogP contribution in [0.25, 0.3) is 0 Å². The molecule has 0 aromatic carbocycles. The van der Waals surface area contributed by atoms with Gasteiger partial charge in [-0.05, 0) is 19.2 Å². The van der Waals surface area contributed by atoms with Crippen LogP contribution in [0.5, 0.6) is 0 Å². The zero-order valence-corrected chi connectivity index (χ0v) is 10.7. The summed E-state index contributed by atoms with van der Waals surface area (Å²) in [7, 11) is 1.95. The lowest BCUT2D eigenvalue weighted by Gasteiger charge is -2.14. The molecule has 2 aromatic rings. The van der Waals surface area contributed by atoms with Gasteiger partial charge in [0.15, 0.2) is 0 Å². The molecule has 94 valence electrons. The van der Waals surface area contributed by atoms with E-state index in [0.29, 0.717) is 13.1 Å². The van der Waals surface area contributed by atoms with Gasteiger partial charge in [-0.25, -0.2) is 9.78 Å². The molecule has 0 aliphatic carbocycles.